The van der Waals surface area contributed by atoms with Crippen molar-refractivity contribution >= 4 is 36.1 Å². The van der Waals surface area contributed by atoms with Gasteiger partial charge in [0.1, 0.15) is 16.9 Å². The number of aryl methyl sites for hydroxylation is 4. The monoisotopic (exact) mass is 674 g/mol. The number of hydrogen-bond acceptors (Lipinski definition) is 5. The number of esters is 1. The lowest BCUT2D eigenvalue weighted by atomic mass is 9.83. The van der Waals surface area contributed by atoms with Crippen molar-refractivity contribution in [2.45, 2.75) is 139 Å². The molecule has 0 fully saturated rings. The summed E-state index contributed by atoms with van der Waals surface area (Å²) in [6.45, 7) is 32.5. The minimum Gasteiger partial charge on any atom is -0.426 e. The number of benzene rings is 3. The number of rotatable bonds is 8. The second-order valence-electron chi connectivity index (χ2n) is 17.4. The first-order valence-electron chi connectivity index (χ1n) is 17.5. The average molecular weight is 675 g/mol. The van der Waals surface area contributed by atoms with Crippen LogP contribution < -0.4 is 9.26 Å². The number of fused-ring (bicyclic) bond motifs is 3. The molecule has 3 aromatic carbocycles. The minimum absolute atomic E-state index is 0.131. The zero-order valence-electron chi connectivity index (χ0n) is 32.3. The molecule has 5 nitrogen and oxygen atoms in total. The number of hydrogen-bond donors (Lipinski definition) is 0. The summed E-state index contributed by atoms with van der Waals surface area (Å²) in [4.78, 5) is 13.0. The summed E-state index contributed by atoms with van der Waals surface area (Å²) in [6, 6.07) is 13.2. The van der Waals surface area contributed by atoms with Crippen LogP contribution in [0.4, 0.5) is 0 Å². The fourth-order valence-electron chi connectivity index (χ4n) is 5.95. The molecule has 0 N–H and O–H groups in total. The van der Waals surface area contributed by atoms with Gasteiger partial charge in [-0.2, -0.15) is 0 Å². The molecule has 0 atom stereocenters. The molecule has 1 heterocycles. The van der Waals surface area contributed by atoms with Gasteiger partial charge >= 0.3 is 14.2 Å². The summed E-state index contributed by atoms with van der Waals surface area (Å²) in [5.41, 5.74) is 8.61. The average Bonchev–Trinajstić information content (AvgIpc) is 3.10. The lowest BCUT2D eigenvalue weighted by Crippen LogP contribution is -2.29. The second-order valence-corrected chi connectivity index (χ2v) is 18.5. The Labute approximate surface area is 290 Å². The summed E-state index contributed by atoms with van der Waals surface area (Å²) in [6.07, 6.45) is 2.32. The second kappa shape index (κ2) is 13.7. The fraction of sp³-hybridized carbons (Fsp3) is 0.548. The Kier molecular flexibility index (Phi) is 10.8. The number of carbonyl (C=O) groups excluding carboxylic acids is 1. The van der Waals surface area contributed by atoms with E-state index in [1.165, 1.54) is 16.7 Å². The Bertz CT molecular complexity index is 1770. The van der Waals surface area contributed by atoms with Gasteiger partial charge in [-0.1, -0.05) is 93.5 Å². The highest BCUT2D eigenvalue weighted by Gasteiger charge is 2.31. The highest BCUT2D eigenvalue weighted by molar-refractivity contribution is 7.31. The normalized spacial score (nSPS) is 13.0. The van der Waals surface area contributed by atoms with E-state index in [1.807, 2.05) is 27.7 Å². The van der Waals surface area contributed by atoms with Crippen LogP contribution in [0.15, 0.2) is 44.8 Å². The molecule has 0 saturated heterocycles. The van der Waals surface area contributed by atoms with Crippen LogP contribution in [-0.2, 0) is 27.5 Å². The molecule has 6 heteroatoms. The van der Waals surface area contributed by atoms with Crippen molar-refractivity contribution in [3.63, 3.8) is 0 Å². The van der Waals surface area contributed by atoms with E-state index in [4.69, 9.17) is 17.7 Å². The molecule has 0 spiro atoms. The fourth-order valence-corrected chi connectivity index (χ4v) is 7.07. The smallest absolute Gasteiger partial charge is 0.387 e. The minimum atomic E-state index is -1.71. The van der Waals surface area contributed by atoms with Gasteiger partial charge in [0.15, 0.2) is 0 Å². The van der Waals surface area contributed by atoms with E-state index in [0.29, 0.717) is 12.4 Å². The molecule has 0 radical (unpaired) electrons. The number of carbonyl (C=O) groups is 1. The highest BCUT2D eigenvalue weighted by Crippen LogP contribution is 2.43. The lowest BCUT2D eigenvalue weighted by Gasteiger charge is -2.27. The van der Waals surface area contributed by atoms with Gasteiger partial charge in [0.2, 0.25) is 0 Å². The molecule has 0 unspecified atom stereocenters. The van der Waals surface area contributed by atoms with Gasteiger partial charge < -0.3 is 13.1 Å². The Morgan fingerprint density at radius 3 is 1.60 bits per heavy atom. The van der Waals surface area contributed by atoms with E-state index in [1.54, 1.807) is 0 Å². The third kappa shape index (κ3) is 8.40. The van der Waals surface area contributed by atoms with Crippen molar-refractivity contribution < 1.29 is 22.4 Å². The van der Waals surface area contributed by atoms with Gasteiger partial charge in [0.25, 0.3) is 0 Å². The molecule has 0 aliphatic rings. The first-order valence-corrected chi connectivity index (χ1v) is 18.6. The zero-order chi connectivity index (χ0) is 36.0. The molecule has 262 valence electrons. The Hall–Kier alpha value is -3.01. The van der Waals surface area contributed by atoms with Crippen LogP contribution in [0.3, 0.4) is 0 Å². The molecule has 0 aliphatic heterocycles. The van der Waals surface area contributed by atoms with Crippen LogP contribution in [0.2, 0.25) is 0 Å². The molecule has 48 heavy (non-hydrogen) atoms. The topological polar surface area (TPSA) is 61.8 Å². The van der Waals surface area contributed by atoms with E-state index in [9.17, 15) is 4.79 Å². The maximum atomic E-state index is 13.0. The first kappa shape index (κ1) is 37.8. The van der Waals surface area contributed by atoms with Gasteiger partial charge in [0, 0.05) is 27.5 Å². The van der Waals surface area contributed by atoms with Gasteiger partial charge in [-0.25, -0.2) is 0 Å². The lowest BCUT2D eigenvalue weighted by molar-refractivity contribution is -0.144. The van der Waals surface area contributed by atoms with Crippen LogP contribution >= 0.6 is 8.24 Å². The largest absolute Gasteiger partial charge is 0.426 e. The van der Waals surface area contributed by atoms with E-state index in [2.05, 4.69) is 113 Å². The molecule has 1 aromatic heterocycles. The zero-order valence-corrected chi connectivity index (χ0v) is 33.2. The quantitative estimate of drug-likeness (QED) is 0.106. The van der Waals surface area contributed by atoms with Gasteiger partial charge in [-0.15, -0.1) is 0 Å². The van der Waals surface area contributed by atoms with Crippen LogP contribution in [-0.4, -0.2) is 12.6 Å². The molecular formula is C42H59O5P. The third-order valence-electron chi connectivity index (χ3n) is 9.28. The predicted octanol–water partition coefficient (Wildman–Crippen LogP) is 12.5. The SMILES string of the molecule is CCC(C)(C)C(=O)Oc1c(C)cc(CCCOp2oc3c(C(C)(C)C)cc(C)cc3c3cc(C)cc(C(C)(C)C)c3o2)cc1C(C)(C)C. The first-order chi connectivity index (χ1) is 22.0. The van der Waals surface area contributed by atoms with E-state index < -0.39 is 13.7 Å². The third-order valence-corrected chi connectivity index (χ3v) is 10.3. The van der Waals surface area contributed by atoms with Crippen molar-refractivity contribution in [3.8, 4) is 5.75 Å². The van der Waals surface area contributed by atoms with E-state index >= 15 is 0 Å². The van der Waals surface area contributed by atoms with Gasteiger partial charge in [-0.05, 0) is 105 Å². The van der Waals surface area contributed by atoms with Crippen LogP contribution in [0.25, 0.3) is 21.9 Å². The maximum absolute atomic E-state index is 13.0. The van der Waals surface area contributed by atoms with Crippen molar-refractivity contribution in [1.82, 2.24) is 0 Å². The van der Waals surface area contributed by atoms with E-state index in [0.717, 1.165) is 63.5 Å². The van der Waals surface area contributed by atoms with Crippen molar-refractivity contribution in [1.29, 1.82) is 0 Å². The molecule has 4 aromatic rings. The molecular weight excluding hydrogens is 615 g/mol. The Morgan fingerprint density at radius 1 is 0.688 bits per heavy atom. The van der Waals surface area contributed by atoms with Crippen LogP contribution in [0.1, 0.15) is 135 Å². The maximum Gasteiger partial charge on any atom is 0.387 e. The molecule has 0 aliphatic carbocycles. The summed E-state index contributed by atoms with van der Waals surface area (Å²) in [5, 5.41) is 2.12. The Morgan fingerprint density at radius 2 is 1.17 bits per heavy atom. The highest BCUT2D eigenvalue weighted by atomic mass is 31.1. The number of ether oxygens (including phenoxy) is 1. The standard InChI is InChI=1S/C42H59O5P/c1-16-42(14,15)38(43)45-35-28(4)24-29(25-34(35)41(11,12)13)18-17-19-44-48-46-36-30(20-26(2)22-32(36)39(5,6)7)31-21-27(3)23-33(37(31)47-48)40(8,9)10/h20-25H,16-19H2,1-15H3. The summed E-state index contributed by atoms with van der Waals surface area (Å²) >= 11 is 0. The van der Waals surface area contributed by atoms with Crippen molar-refractivity contribution in [2.24, 2.45) is 5.41 Å². The summed E-state index contributed by atoms with van der Waals surface area (Å²) in [5.74, 6) is 0.494. The molecule has 0 amide bonds. The van der Waals surface area contributed by atoms with Gasteiger partial charge in [-0.3, -0.25) is 9.32 Å². The van der Waals surface area contributed by atoms with E-state index in [-0.39, 0.29) is 22.2 Å². The van der Waals surface area contributed by atoms with Crippen LogP contribution in [0, 0.1) is 26.2 Å². The van der Waals surface area contributed by atoms with Crippen molar-refractivity contribution in [3.05, 3.63) is 75.3 Å². The van der Waals surface area contributed by atoms with Gasteiger partial charge in [0.05, 0.1) is 12.0 Å². The van der Waals surface area contributed by atoms with Crippen LogP contribution in [0.5, 0.6) is 5.75 Å². The molecule has 0 saturated carbocycles. The predicted molar refractivity (Wildman–Crippen MR) is 203 cm³/mol. The molecule has 0 bridgehead atoms. The summed E-state index contributed by atoms with van der Waals surface area (Å²) < 4.78 is 26.1. The summed E-state index contributed by atoms with van der Waals surface area (Å²) in [7, 11) is -1.71. The molecule has 4 rings (SSSR count). The van der Waals surface area contributed by atoms with Crippen molar-refractivity contribution in [2.75, 3.05) is 6.61 Å². The Balaban J connectivity index is 1.73.